The molecule has 1 unspecified atom stereocenters. The molecule has 0 aliphatic carbocycles. The van der Waals surface area contributed by atoms with Gasteiger partial charge in [-0.15, -0.1) is 0 Å². The number of sulfone groups is 1. The molecule has 1 saturated heterocycles. The van der Waals surface area contributed by atoms with Crippen molar-refractivity contribution in [1.82, 2.24) is 10.3 Å². The van der Waals surface area contributed by atoms with Crippen LogP contribution in [-0.4, -0.2) is 42.8 Å². The third-order valence-electron chi connectivity index (χ3n) is 4.04. The number of amides is 2. The Labute approximate surface area is 157 Å². The fourth-order valence-electron chi connectivity index (χ4n) is 2.85. The molecule has 0 saturated carbocycles. The first-order valence-electron chi connectivity index (χ1n) is 8.42. The summed E-state index contributed by atoms with van der Waals surface area (Å²) in [5.74, 6) is -0.454. The molecule has 3 rings (SSSR count). The van der Waals surface area contributed by atoms with Gasteiger partial charge in [0, 0.05) is 30.5 Å². The third-order valence-corrected chi connectivity index (χ3v) is 5.81. The smallest absolute Gasteiger partial charge is 0.253 e. The minimum Gasteiger partial charge on any atom is -0.354 e. The SMILES string of the molecule is CC(=O)Nc1cccc(Nc2cncc(C(=O)NC3CCS(=O)(=O)C3)c2)c1. The second kappa shape index (κ2) is 7.75. The van der Waals surface area contributed by atoms with Gasteiger partial charge in [-0.3, -0.25) is 14.6 Å². The van der Waals surface area contributed by atoms with E-state index in [-0.39, 0.29) is 29.4 Å². The molecule has 8 nitrogen and oxygen atoms in total. The van der Waals surface area contributed by atoms with Crippen molar-refractivity contribution < 1.29 is 18.0 Å². The number of benzene rings is 1. The first-order chi connectivity index (χ1) is 12.8. The van der Waals surface area contributed by atoms with E-state index in [0.717, 1.165) is 5.69 Å². The molecule has 1 aromatic heterocycles. The average molecular weight is 388 g/mol. The molecule has 1 aromatic carbocycles. The van der Waals surface area contributed by atoms with E-state index >= 15 is 0 Å². The average Bonchev–Trinajstić information content (AvgIpc) is 2.93. The summed E-state index contributed by atoms with van der Waals surface area (Å²) in [6.45, 7) is 1.43. The van der Waals surface area contributed by atoms with Gasteiger partial charge in [0.25, 0.3) is 5.91 Å². The molecule has 2 aromatic rings. The van der Waals surface area contributed by atoms with Gasteiger partial charge in [-0.25, -0.2) is 8.42 Å². The summed E-state index contributed by atoms with van der Waals surface area (Å²) < 4.78 is 23.0. The molecule has 1 aliphatic heterocycles. The van der Waals surface area contributed by atoms with Gasteiger partial charge in [0.15, 0.2) is 9.84 Å². The molecule has 0 spiro atoms. The van der Waals surface area contributed by atoms with Gasteiger partial charge in [-0.05, 0) is 30.7 Å². The lowest BCUT2D eigenvalue weighted by atomic mass is 10.2. The maximum absolute atomic E-state index is 12.4. The Hall–Kier alpha value is -2.94. The lowest BCUT2D eigenvalue weighted by molar-refractivity contribution is -0.114. The number of hydrogen-bond donors (Lipinski definition) is 3. The Morgan fingerprint density at radius 2 is 1.89 bits per heavy atom. The number of rotatable bonds is 5. The summed E-state index contributed by atoms with van der Waals surface area (Å²) in [5, 5.41) is 8.57. The number of nitrogens with one attached hydrogen (secondary N) is 3. The van der Waals surface area contributed by atoms with Crippen LogP contribution in [0.2, 0.25) is 0 Å². The summed E-state index contributed by atoms with van der Waals surface area (Å²) in [6.07, 6.45) is 3.43. The van der Waals surface area contributed by atoms with Crippen LogP contribution in [0.3, 0.4) is 0 Å². The van der Waals surface area contributed by atoms with Crippen molar-refractivity contribution in [3.63, 3.8) is 0 Å². The minimum absolute atomic E-state index is 0.0277. The number of hydrogen-bond acceptors (Lipinski definition) is 6. The molecule has 0 radical (unpaired) electrons. The standard InChI is InChI=1S/C18H20N4O4S/c1-12(23)20-14-3-2-4-15(8-14)21-17-7-13(9-19-10-17)18(24)22-16-5-6-27(25,26)11-16/h2-4,7-10,16,21H,5-6,11H2,1H3,(H,20,23)(H,22,24). The van der Waals surface area contributed by atoms with E-state index < -0.39 is 9.84 Å². The van der Waals surface area contributed by atoms with Crippen molar-refractivity contribution in [3.8, 4) is 0 Å². The predicted molar refractivity (Wildman–Crippen MR) is 103 cm³/mol. The number of aromatic nitrogens is 1. The van der Waals surface area contributed by atoms with Crippen molar-refractivity contribution >= 4 is 38.7 Å². The minimum atomic E-state index is -3.06. The van der Waals surface area contributed by atoms with Crippen molar-refractivity contribution in [2.45, 2.75) is 19.4 Å². The van der Waals surface area contributed by atoms with Crippen molar-refractivity contribution in [1.29, 1.82) is 0 Å². The first kappa shape index (κ1) is 18.8. The highest BCUT2D eigenvalue weighted by atomic mass is 32.2. The van der Waals surface area contributed by atoms with E-state index in [9.17, 15) is 18.0 Å². The van der Waals surface area contributed by atoms with Crippen LogP contribution in [0.4, 0.5) is 17.1 Å². The van der Waals surface area contributed by atoms with E-state index in [1.165, 1.54) is 13.1 Å². The Bertz CT molecular complexity index is 975. The molecule has 2 heterocycles. The summed E-state index contributed by atoms with van der Waals surface area (Å²) in [7, 11) is -3.06. The maximum Gasteiger partial charge on any atom is 0.253 e. The van der Waals surface area contributed by atoms with Crippen LogP contribution in [-0.2, 0) is 14.6 Å². The fourth-order valence-corrected chi connectivity index (χ4v) is 4.53. The highest BCUT2D eigenvalue weighted by Crippen LogP contribution is 2.20. The molecular weight excluding hydrogens is 368 g/mol. The van der Waals surface area contributed by atoms with Crippen LogP contribution in [0.1, 0.15) is 23.7 Å². The monoisotopic (exact) mass is 388 g/mol. The Morgan fingerprint density at radius 3 is 2.59 bits per heavy atom. The Kier molecular flexibility index (Phi) is 5.41. The molecule has 2 amide bonds. The van der Waals surface area contributed by atoms with E-state index in [4.69, 9.17) is 0 Å². The highest BCUT2D eigenvalue weighted by molar-refractivity contribution is 7.91. The van der Waals surface area contributed by atoms with E-state index in [0.29, 0.717) is 23.4 Å². The van der Waals surface area contributed by atoms with Crippen LogP contribution in [0.25, 0.3) is 0 Å². The molecular formula is C18H20N4O4S. The van der Waals surface area contributed by atoms with Gasteiger partial charge in [0.05, 0.1) is 29.0 Å². The summed E-state index contributed by atoms with van der Waals surface area (Å²) >= 11 is 0. The molecule has 0 bridgehead atoms. The second-order valence-electron chi connectivity index (χ2n) is 6.42. The van der Waals surface area contributed by atoms with Crippen LogP contribution < -0.4 is 16.0 Å². The predicted octanol–water partition coefficient (Wildman–Crippen LogP) is 1.70. The van der Waals surface area contributed by atoms with Crippen LogP contribution in [0, 0.1) is 0 Å². The van der Waals surface area contributed by atoms with Crippen LogP contribution in [0.5, 0.6) is 0 Å². The van der Waals surface area contributed by atoms with Crippen molar-refractivity contribution in [2.75, 3.05) is 22.1 Å². The number of pyridine rings is 1. The molecule has 1 aliphatic rings. The zero-order chi connectivity index (χ0) is 19.4. The van der Waals surface area contributed by atoms with Gasteiger partial charge < -0.3 is 16.0 Å². The Balaban J connectivity index is 1.68. The molecule has 1 fully saturated rings. The largest absolute Gasteiger partial charge is 0.354 e. The number of nitrogens with zero attached hydrogens (tertiary/aromatic N) is 1. The number of carbonyl (C=O) groups excluding carboxylic acids is 2. The molecule has 1 atom stereocenters. The second-order valence-corrected chi connectivity index (χ2v) is 8.65. The van der Waals surface area contributed by atoms with Gasteiger partial charge in [-0.2, -0.15) is 0 Å². The molecule has 142 valence electrons. The Morgan fingerprint density at radius 1 is 1.11 bits per heavy atom. The quantitative estimate of drug-likeness (QED) is 0.718. The zero-order valence-electron chi connectivity index (χ0n) is 14.7. The van der Waals surface area contributed by atoms with E-state index in [2.05, 4.69) is 20.9 Å². The van der Waals surface area contributed by atoms with Gasteiger partial charge >= 0.3 is 0 Å². The third kappa shape index (κ3) is 5.27. The first-order valence-corrected chi connectivity index (χ1v) is 10.2. The molecule has 27 heavy (non-hydrogen) atoms. The van der Waals surface area contributed by atoms with Crippen LogP contribution >= 0.6 is 0 Å². The van der Waals surface area contributed by atoms with Gasteiger partial charge in [0.2, 0.25) is 5.91 Å². The summed E-state index contributed by atoms with van der Waals surface area (Å²) in [6, 6.07) is 8.41. The summed E-state index contributed by atoms with van der Waals surface area (Å²) in [4.78, 5) is 27.6. The summed E-state index contributed by atoms with van der Waals surface area (Å²) in [5.41, 5.74) is 2.31. The van der Waals surface area contributed by atoms with Crippen LogP contribution in [0.15, 0.2) is 42.7 Å². The van der Waals surface area contributed by atoms with Crippen molar-refractivity contribution in [3.05, 3.63) is 48.3 Å². The van der Waals surface area contributed by atoms with E-state index in [1.54, 1.807) is 30.5 Å². The van der Waals surface area contributed by atoms with E-state index in [1.807, 2.05) is 6.07 Å². The highest BCUT2D eigenvalue weighted by Gasteiger charge is 2.29. The lowest BCUT2D eigenvalue weighted by Gasteiger charge is -2.12. The number of carbonyl (C=O) groups is 2. The van der Waals surface area contributed by atoms with Gasteiger partial charge in [-0.1, -0.05) is 6.07 Å². The van der Waals surface area contributed by atoms with Gasteiger partial charge in [0.1, 0.15) is 0 Å². The lowest BCUT2D eigenvalue weighted by Crippen LogP contribution is -2.35. The van der Waals surface area contributed by atoms with Crippen molar-refractivity contribution in [2.24, 2.45) is 0 Å². The zero-order valence-corrected chi connectivity index (χ0v) is 15.5. The number of anilines is 3. The normalized spacial score (nSPS) is 17.9. The topological polar surface area (TPSA) is 117 Å². The molecule has 9 heteroatoms. The fraction of sp³-hybridized carbons (Fsp3) is 0.278. The maximum atomic E-state index is 12.4. The molecule has 3 N–H and O–H groups in total.